The normalized spacial score (nSPS) is 12.3. The molecule has 0 saturated heterocycles. The van der Waals surface area contributed by atoms with Gasteiger partial charge in [-0.25, -0.2) is 12.8 Å². The summed E-state index contributed by atoms with van der Waals surface area (Å²) in [5.41, 5.74) is -1.98. The van der Waals surface area contributed by atoms with Crippen molar-refractivity contribution in [1.82, 2.24) is 0 Å². The minimum absolute atomic E-state index is 0.179. The van der Waals surface area contributed by atoms with Gasteiger partial charge in [0, 0.05) is 16.1 Å². The lowest BCUT2D eigenvalue weighted by Gasteiger charge is -2.14. The summed E-state index contributed by atoms with van der Waals surface area (Å²) in [5, 5.41) is 0.969. The minimum atomic E-state index is -4.95. The molecule has 0 atom stereocenters. The maximum absolute atomic E-state index is 13.4. The van der Waals surface area contributed by atoms with Gasteiger partial charge in [0.25, 0.3) is 10.0 Å². The maximum Gasteiger partial charge on any atom is 0.419 e. The first-order valence-corrected chi connectivity index (χ1v) is 9.02. The molecule has 3 aromatic carbocycles. The fourth-order valence-corrected chi connectivity index (χ4v) is 4.14. The zero-order valence-electron chi connectivity index (χ0n) is 12.8. The van der Waals surface area contributed by atoms with Crippen LogP contribution in [0.15, 0.2) is 59.5 Å². The average molecular weight is 404 g/mol. The van der Waals surface area contributed by atoms with Gasteiger partial charge in [0.15, 0.2) is 0 Å². The van der Waals surface area contributed by atoms with Gasteiger partial charge in [-0.1, -0.05) is 35.9 Å². The van der Waals surface area contributed by atoms with Crippen LogP contribution in [0.4, 0.5) is 23.2 Å². The highest BCUT2D eigenvalue weighted by Gasteiger charge is 2.34. The van der Waals surface area contributed by atoms with Crippen molar-refractivity contribution in [3.05, 3.63) is 71.0 Å². The van der Waals surface area contributed by atoms with Gasteiger partial charge in [-0.15, -0.1) is 0 Å². The Morgan fingerprint density at radius 2 is 1.62 bits per heavy atom. The summed E-state index contributed by atoms with van der Waals surface area (Å²) < 4.78 is 79.2. The molecule has 0 fully saturated rings. The van der Waals surface area contributed by atoms with E-state index >= 15 is 0 Å². The molecule has 0 aliphatic carbocycles. The van der Waals surface area contributed by atoms with Gasteiger partial charge in [0.05, 0.1) is 10.5 Å². The molecule has 0 bridgehead atoms. The maximum atomic E-state index is 13.4. The Labute approximate surface area is 151 Å². The van der Waals surface area contributed by atoms with E-state index in [1.807, 2.05) is 4.72 Å². The Balaban J connectivity index is 2.09. The molecule has 1 N–H and O–H groups in total. The number of nitrogens with one attached hydrogen (secondary N) is 1. The molecule has 0 aliphatic heterocycles. The number of hydrogen-bond acceptors (Lipinski definition) is 2. The zero-order chi connectivity index (χ0) is 19.1. The van der Waals surface area contributed by atoms with Crippen LogP contribution in [-0.4, -0.2) is 8.42 Å². The molecule has 0 heterocycles. The lowest BCUT2D eigenvalue weighted by atomic mass is 10.1. The van der Waals surface area contributed by atoms with Crippen LogP contribution in [0.2, 0.25) is 5.02 Å². The lowest BCUT2D eigenvalue weighted by molar-refractivity contribution is -0.139. The zero-order valence-corrected chi connectivity index (χ0v) is 14.4. The van der Waals surface area contributed by atoms with Crippen LogP contribution in [0, 0.1) is 5.82 Å². The predicted octanol–water partition coefficient (Wildman–Crippen LogP) is 5.45. The van der Waals surface area contributed by atoms with Gasteiger partial charge < -0.3 is 0 Å². The van der Waals surface area contributed by atoms with Gasteiger partial charge in [0.1, 0.15) is 5.82 Å². The third-order valence-electron chi connectivity index (χ3n) is 3.63. The Morgan fingerprint density at radius 1 is 0.962 bits per heavy atom. The molecule has 3 nitrogen and oxygen atoms in total. The average Bonchev–Trinajstić information content (AvgIpc) is 2.55. The number of sulfonamides is 1. The van der Waals surface area contributed by atoms with Crippen molar-refractivity contribution < 1.29 is 26.0 Å². The Morgan fingerprint density at radius 3 is 2.27 bits per heavy atom. The molecule has 0 aliphatic rings. The van der Waals surface area contributed by atoms with Crippen molar-refractivity contribution in [2.45, 2.75) is 11.1 Å². The summed E-state index contributed by atoms with van der Waals surface area (Å²) in [7, 11) is -4.26. The molecular formula is C17H10ClF4NO2S. The highest BCUT2D eigenvalue weighted by molar-refractivity contribution is 7.93. The highest BCUT2D eigenvalue weighted by atomic mass is 35.5. The molecule has 0 radical (unpaired) electrons. The lowest BCUT2D eigenvalue weighted by Crippen LogP contribution is -2.15. The van der Waals surface area contributed by atoms with Crippen molar-refractivity contribution in [1.29, 1.82) is 0 Å². The molecule has 0 aromatic heterocycles. The van der Waals surface area contributed by atoms with E-state index in [1.165, 1.54) is 18.2 Å². The van der Waals surface area contributed by atoms with E-state index in [9.17, 15) is 26.0 Å². The van der Waals surface area contributed by atoms with Crippen LogP contribution < -0.4 is 4.72 Å². The largest absolute Gasteiger partial charge is 0.419 e. The van der Waals surface area contributed by atoms with Crippen molar-refractivity contribution in [3.8, 4) is 0 Å². The van der Waals surface area contributed by atoms with Crippen LogP contribution in [0.1, 0.15) is 5.56 Å². The number of alkyl halides is 3. The van der Waals surface area contributed by atoms with E-state index in [1.54, 1.807) is 18.2 Å². The quantitative estimate of drug-likeness (QED) is 0.591. The van der Waals surface area contributed by atoms with E-state index in [-0.39, 0.29) is 15.3 Å². The first kappa shape index (κ1) is 18.5. The molecule has 136 valence electrons. The summed E-state index contributed by atoms with van der Waals surface area (Å²) in [6.07, 6.45) is -4.95. The number of benzene rings is 3. The summed E-state index contributed by atoms with van der Waals surface area (Å²) in [4.78, 5) is -0.196. The summed E-state index contributed by atoms with van der Waals surface area (Å²) in [6.45, 7) is 0. The molecule has 3 aromatic rings. The fraction of sp³-hybridized carbons (Fsp3) is 0.0588. The predicted molar refractivity (Wildman–Crippen MR) is 91.2 cm³/mol. The van der Waals surface area contributed by atoms with Crippen LogP contribution in [0.3, 0.4) is 0 Å². The number of halogens is 5. The van der Waals surface area contributed by atoms with Crippen LogP contribution in [0.25, 0.3) is 10.8 Å². The van der Waals surface area contributed by atoms with Crippen molar-refractivity contribution in [3.63, 3.8) is 0 Å². The van der Waals surface area contributed by atoms with Gasteiger partial charge in [0.2, 0.25) is 0 Å². The van der Waals surface area contributed by atoms with Crippen molar-refractivity contribution >= 4 is 38.1 Å². The summed E-state index contributed by atoms with van der Waals surface area (Å²) in [6, 6.07) is 11.1. The van der Waals surface area contributed by atoms with E-state index in [2.05, 4.69) is 0 Å². The number of anilines is 1. The van der Waals surface area contributed by atoms with Crippen LogP contribution in [-0.2, 0) is 16.2 Å². The molecule has 0 amide bonds. The summed E-state index contributed by atoms with van der Waals surface area (Å²) in [5.74, 6) is -1.49. The van der Waals surface area contributed by atoms with E-state index < -0.39 is 33.3 Å². The van der Waals surface area contributed by atoms with Crippen LogP contribution >= 0.6 is 11.6 Å². The smallest absolute Gasteiger partial charge is 0.280 e. The SMILES string of the molecule is O=S(=O)(Nc1ccc(F)c(C(F)(F)F)c1)c1cccc2cccc(Cl)c12. The van der Waals surface area contributed by atoms with E-state index in [0.29, 0.717) is 17.5 Å². The standard InChI is InChI=1S/C17H10ClF4NO2S/c18-13-5-1-3-10-4-2-6-15(16(10)13)26(24,25)23-11-7-8-14(19)12(9-11)17(20,21)22/h1-9,23H. The second-order valence-corrected chi connectivity index (χ2v) is 7.45. The molecular weight excluding hydrogens is 394 g/mol. The van der Waals surface area contributed by atoms with Gasteiger partial charge in [-0.2, -0.15) is 13.2 Å². The fourth-order valence-electron chi connectivity index (χ4n) is 2.50. The van der Waals surface area contributed by atoms with Gasteiger partial charge >= 0.3 is 6.18 Å². The Bertz CT molecular complexity index is 1090. The molecule has 0 spiro atoms. The Kier molecular flexibility index (Phi) is 4.58. The van der Waals surface area contributed by atoms with E-state index in [4.69, 9.17) is 11.6 Å². The molecule has 0 unspecified atom stereocenters. The molecule has 3 rings (SSSR count). The number of fused-ring (bicyclic) bond motifs is 1. The van der Waals surface area contributed by atoms with Gasteiger partial charge in [-0.05, 0) is 35.7 Å². The highest BCUT2D eigenvalue weighted by Crippen LogP contribution is 2.34. The van der Waals surface area contributed by atoms with Crippen LogP contribution in [0.5, 0.6) is 0 Å². The second-order valence-electron chi connectivity index (χ2n) is 5.39. The van der Waals surface area contributed by atoms with Crippen molar-refractivity contribution in [2.75, 3.05) is 4.72 Å². The monoisotopic (exact) mass is 403 g/mol. The van der Waals surface area contributed by atoms with Crippen molar-refractivity contribution in [2.24, 2.45) is 0 Å². The minimum Gasteiger partial charge on any atom is -0.280 e. The molecule has 0 saturated carbocycles. The second kappa shape index (κ2) is 6.44. The topological polar surface area (TPSA) is 46.2 Å². The van der Waals surface area contributed by atoms with Gasteiger partial charge in [-0.3, -0.25) is 4.72 Å². The summed E-state index contributed by atoms with van der Waals surface area (Å²) >= 11 is 6.09. The first-order chi connectivity index (χ1) is 12.1. The molecule has 26 heavy (non-hydrogen) atoms. The van der Waals surface area contributed by atoms with E-state index in [0.717, 1.165) is 6.07 Å². The first-order valence-electron chi connectivity index (χ1n) is 7.16. The Hall–Kier alpha value is -2.32. The third-order valence-corrected chi connectivity index (χ3v) is 5.37. The number of hydrogen-bond donors (Lipinski definition) is 1. The molecule has 9 heteroatoms. The third kappa shape index (κ3) is 3.47. The number of rotatable bonds is 3.